The highest BCUT2D eigenvalue weighted by Gasteiger charge is 2.04. The van der Waals surface area contributed by atoms with Crippen LogP contribution < -0.4 is 10.5 Å². The maximum Gasteiger partial charge on any atom is 0.322 e. The number of ether oxygens (including phenoxy) is 1. The van der Waals surface area contributed by atoms with E-state index < -0.39 is 0 Å². The lowest BCUT2D eigenvalue weighted by molar-refractivity contribution is 0.443. The van der Waals surface area contributed by atoms with Crippen molar-refractivity contribution < 1.29 is 4.74 Å². The second kappa shape index (κ2) is 4.67. The summed E-state index contributed by atoms with van der Waals surface area (Å²) in [4.78, 5) is 7.94. The van der Waals surface area contributed by atoms with E-state index in [0.29, 0.717) is 16.5 Å². The highest BCUT2D eigenvalue weighted by atomic mass is 79.9. The van der Waals surface area contributed by atoms with E-state index in [-0.39, 0.29) is 6.01 Å². The molecule has 0 saturated carbocycles. The average Bonchev–Trinajstić information content (AvgIpc) is 2.25. The van der Waals surface area contributed by atoms with Gasteiger partial charge in [-0.05, 0) is 34.1 Å². The van der Waals surface area contributed by atoms with Gasteiger partial charge in [0.25, 0.3) is 0 Å². The van der Waals surface area contributed by atoms with E-state index in [4.69, 9.17) is 22.1 Å². The first kappa shape index (κ1) is 11.2. The third-order valence-corrected chi connectivity index (χ3v) is 2.41. The van der Waals surface area contributed by atoms with Crippen LogP contribution in [0.25, 0.3) is 0 Å². The zero-order valence-electron chi connectivity index (χ0n) is 8.02. The lowest BCUT2D eigenvalue weighted by Crippen LogP contribution is -1.95. The van der Waals surface area contributed by atoms with Crippen LogP contribution in [-0.4, -0.2) is 9.97 Å². The molecule has 0 saturated heterocycles. The van der Waals surface area contributed by atoms with Crippen molar-refractivity contribution in [3.8, 4) is 11.8 Å². The van der Waals surface area contributed by atoms with Crippen molar-refractivity contribution in [1.29, 1.82) is 0 Å². The third-order valence-electron chi connectivity index (χ3n) is 1.77. The fourth-order valence-corrected chi connectivity index (χ4v) is 1.45. The molecule has 0 aliphatic carbocycles. The molecular weight excluding hydrogens is 293 g/mol. The van der Waals surface area contributed by atoms with Gasteiger partial charge in [-0.1, -0.05) is 11.6 Å². The van der Waals surface area contributed by atoms with Crippen molar-refractivity contribution >= 4 is 33.2 Å². The number of nitrogens with zero attached hydrogens (tertiary/aromatic N) is 2. The molecule has 2 aromatic rings. The average molecular weight is 301 g/mol. The van der Waals surface area contributed by atoms with Crippen LogP contribution in [-0.2, 0) is 0 Å². The van der Waals surface area contributed by atoms with Gasteiger partial charge in [-0.3, -0.25) is 0 Å². The Hall–Kier alpha value is -1.33. The Kier molecular flexibility index (Phi) is 3.26. The summed E-state index contributed by atoms with van der Waals surface area (Å²) < 4.78 is 6.17. The first-order valence-corrected chi connectivity index (χ1v) is 5.52. The second-order valence-corrected chi connectivity index (χ2v) is 4.32. The van der Waals surface area contributed by atoms with Gasteiger partial charge in [0.05, 0.1) is 10.2 Å². The summed E-state index contributed by atoms with van der Waals surface area (Å²) in [6.45, 7) is 0. The van der Waals surface area contributed by atoms with E-state index in [1.807, 2.05) is 0 Å². The molecule has 2 rings (SSSR count). The molecule has 0 fully saturated rings. The minimum atomic E-state index is 0.234. The van der Waals surface area contributed by atoms with Gasteiger partial charge in [0.1, 0.15) is 0 Å². The number of hydrogen-bond acceptors (Lipinski definition) is 4. The van der Waals surface area contributed by atoms with Crippen LogP contribution in [0.4, 0.5) is 5.69 Å². The number of nitrogen functional groups attached to an aromatic ring is 1. The van der Waals surface area contributed by atoms with Crippen molar-refractivity contribution in [3.05, 3.63) is 40.1 Å². The molecule has 0 amide bonds. The third kappa shape index (κ3) is 2.62. The lowest BCUT2D eigenvalue weighted by atomic mass is 10.3. The second-order valence-electron chi connectivity index (χ2n) is 2.97. The smallest absolute Gasteiger partial charge is 0.322 e. The number of anilines is 1. The van der Waals surface area contributed by atoms with Gasteiger partial charge in [0.15, 0.2) is 5.75 Å². The van der Waals surface area contributed by atoms with Gasteiger partial charge in [0.2, 0.25) is 0 Å². The number of aromatic nitrogens is 2. The molecule has 1 heterocycles. The Morgan fingerprint density at radius 1 is 1.25 bits per heavy atom. The quantitative estimate of drug-likeness (QED) is 0.865. The number of rotatable bonds is 2. The van der Waals surface area contributed by atoms with E-state index in [1.165, 1.54) is 0 Å². The Labute approximate surface area is 106 Å². The van der Waals surface area contributed by atoms with Crippen LogP contribution in [0.1, 0.15) is 0 Å². The van der Waals surface area contributed by atoms with Gasteiger partial charge in [-0.25, -0.2) is 9.97 Å². The SMILES string of the molecule is Nc1cc(Cl)ccc1Oc1ncc(Br)cn1. The van der Waals surface area contributed by atoms with Crippen molar-refractivity contribution in [2.24, 2.45) is 0 Å². The number of hydrogen-bond donors (Lipinski definition) is 1. The van der Waals surface area contributed by atoms with Crippen LogP contribution in [0.5, 0.6) is 11.8 Å². The summed E-state index contributed by atoms with van der Waals surface area (Å²) >= 11 is 9.00. The predicted molar refractivity (Wildman–Crippen MR) is 65.7 cm³/mol. The molecule has 82 valence electrons. The summed E-state index contributed by atoms with van der Waals surface area (Å²) in [5.41, 5.74) is 6.17. The van der Waals surface area contributed by atoms with Crippen LogP contribution >= 0.6 is 27.5 Å². The molecule has 0 atom stereocenters. The molecule has 0 aliphatic heterocycles. The summed E-state index contributed by atoms with van der Waals surface area (Å²) in [5, 5.41) is 0.557. The van der Waals surface area contributed by atoms with Crippen molar-refractivity contribution in [2.45, 2.75) is 0 Å². The normalized spacial score (nSPS) is 10.1. The minimum Gasteiger partial charge on any atom is -0.422 e. The van der Waals surface area contributed by atoms with Gasteiger partial charge in [0, 0.05) is 17.4 Å². The zero-order chi connectivity index (χ0) is 11.5. The Morgan fingerprint density at radius 2 is 1.94 bits per heavy atom. The molecule has 16 heavy (non-hydrogen) atoms. The summed E-state index contributed by atoms with van der Waals surface area (Å²) in [6, 6.07) is 5.20. The van der Waals surface area contributed by atoms with Crippen molar-refractivity contribution in [1.82, 2.24) is 9.97 Å². The molecular formula is C10H7BrClN3O. The molecule has 0 aliphatic rings. The largest absolute Gasteiger partial charge is 0.422 e. The Bertz CT molecular complexity index is 504. The molecule has 0 radical (unpaired) electrons. The maximum atomic E-state index is 5.77. The Balaban J connectivity index is 2.23. The van der Waals surface area contributed by atoms with Gasteiger partial charge in [-0.2, -0.15) is 0 Å². The highest BCUT2D eigenvalue weighted by Crippen LogP contribution is 2.28. The van der Waals surface area contributed by atoms with Crippen molar-refractivity contribution in [3.63, 3.8) is 0 Å². The van der Waals surface area contributed by atoms with Crippen LogP contribution in [0.2, 0.25) is 5.02 Å². The molecule has 0 bridgehead atoms. The monoisotopic (exact) mass is 299 g/mol. The molecule has 2 N–H and O–H groups in total. The van der Waals surface area contributed by atoms with Crippen LogP contribution in [0, 0.1) is 0 Å². The number of halogens is 2. The predicted octanol–water partition coefficient (Wildman–Crippen LogP) is 3.27. The molecule has 0 unspecified atom stereocenters. The first-order valence-electron chi connectivity index (χ1n) is 4.35. The number of nitrogens with two attached hydrogens (primary N) is 1. The van der Waals surface area contributed by atoms with E-state index >= 15 is 0 Å². The van der Waals surface area contributed by atoms with Crippen molar-refractivity contribution in [2.75, 3.05) is 5.73 Å². The first-order chi connectivity index (χ1) is 7.65. The standard InChI is InChI=1S/C10H7BrClN3O/c11-6-4-14-10(15-5-6)16-9-2-1-7(12)3-8(9)13/h1-5H,13H2. The van der Waals surface area contributed by atoms with E-state index in [2.05, 4.69) is 25.9 Å². The summed E-state index contributed by atoms with van der Waals surface area (Å²) in [6.07, 6.45) is 3.18. The minimum absolute atomic E-state index is 0.234. The van der Waals surface area contributed by atoms with Gasteiger partial charge in [-0.15, -0.1) is 0 Å². The zero-order valence-corrected chi connectivity index (χ0v) is 10.4. The highest BCUT2D eigenvalue weighted by molar-refractivity contribution is 9.10. The number of benzene rings is 1. The van der Waals surface area contributed by atoms with E-state index in [0.717, 1.165) is 4.47 Å². The van der Waals surface area contributed by atoms with E-state index in [9.17, 15) is 0 Å². The fourth-order valence-electron chi connectivity index (χ4n) is 1.06. The Morgan fingerprint density at radius 3 is 2.56 bits per heavy atom. The van der Waals surface area contributed by atoms with Crippen LogP contribution in [0.3, 0.4) is 0 Å². The van der Waals surface area contributed by atoms with Gasteiger partial charge >= 0.3 is 6.01 Å². The topological polar surface area (TPSA) is 61.0 Å². The summed E-state index contributed by atoms with van der Waals surface area (Å²) in [5.74, 6) is 0.478. The summed E-state index contributed by atoms with van der Waals surface area (Å²) in [7, 11) is 0. The van der Waals surface area contributed by atoms with Crippen LogP contribution in [0.15, 0.2) is 35.1 Å². The van der Waals surface area contributed by atoms with Gasteiger partial charge < -0.3 is 10.5 Å². The molecule has 1 aromatic heterocycles. The molecule has 1 aromatic carbocycles. The lowest BCUT2D eigenvalue weighted by Gasteiger charge is -2.06. The van der Waals surface area contributed by atoms with E-state index in [1.54, 1.807) is 30.6 Å². The molecule has 0 spiro atoms. The fraction of sp³-hybridized carbons (Fsp3) is 0. The molecule has 6 heteroatoms. The molecule has 4 nitrogen and oxygen atoms in total. The maximum absolute atomic E-state index is 5.77.